The normalized spacial score (nSPS) is 16.0. The zero-order valence-corrected chi connectivity index (χ0v) is 14.1. The lowest BCUT2D eigenvalue weighted by Crippen LogP contribution is -2.26. The predicted octanol–water partition coefficient (Wildman–Crippen LogP) is 4.34. The molecule has 0 unspecified atom stereocenters. The minimum atomic E-state index is -0.684. The van der Waals surface area contributed by atoms with Crippen LogP contribution in [0.3, 0.4) is 0 Å². The third kappa shape index (κ3) is 3.59. The summed E-state index contributed by atoms with van der Waals surface area (Å²) in [5.41, 5.74) is 0.965. The van der Waals surface area contributed by atoms with Crippen LogP contribution >= 0.6 is 0 Å². The standard InChI is InChI=1S/C20H15F3N2O/c1-12-16(22)9-14(10-17(12)23)11-18-20(26)25(2)19(24-18)8-5-13-3-6-15(21)7-4-13/h3-11H,1-2H3/b8-5+,18-11-. The van der Waals surface area contributed by atoms with Crippen LogP contribution in [0, 0.1) is 24.4 Å². The van der Waals surface area contributed by atoms with Crippen LogP contribution in [0.4, 0.5) is 13.2 Å². The van der Waals surface area contributed by atoms with Crippen molar-refractivity contribution >= 4 is 23.9 Å². The molecule has 0 aromatic heterocycles. The third-order valence-corrected chi connectivity index (χ3v) is 4.00. The highest BCUT2D eigenvalue weighted by molar-refractivity contribution is 6.18. The number of hydrogen-bond donors (Lipinski definition) is 0. The van der Waals surface area contributed by atoms with Gasteiger partial charge in [0.15, 0.2) is 0 Å². The van der Waals surface area contributed by atoms with E-state index < -0.39 is 11.6 Å². The fourth-order valence-corrected chi connectivity index (χ4v) is 2.42. The van der Waals surface area contributed by atoms with E-state index in [4.69, 9.17) is 0 Å². The van der Waals surface area contributed by atoms with Gasteiger partial charge in [0.25, 0.3) is 5.91 Å². The third-order valence-electron chi connectivity index (χ3n) is 4.00. The summed E-state index contributed by atoms with van der Waals surface area (Å²) >= 11 is 0. The fourth-order valence-electron chi connectivity index (χ4n) is 2.42. The molecule has 3 nitrogen and oxygen atoms in total. The number of benzene rings is 2. The molecule has 2 aromatic carbocycles. The molecule has 0 saturated heterocycles. The first kappa shape index (κ1) is 17.7. The molecule has 0 saturated carbocycles. The first-order chi connectivity index (χ1) is 12.3. The van der Waals surface area contributed by atoms with Crippen molar-refractivity contribution in [3.63, 3.8) is 0 Å². The van der Waals surface area contributed by atoms with E-state index in [9.17, 15) is 18.0 Å². The molecule has 6 heteroatoms. The second kappa shape index (κ2) is 7.00. The molecule has 0 bridgehead atoms. The van der Waals surface area contributed by atoms with E-state index in [1.165, 1.54) is 30.0 Å². The minimum Gasteiger partial charge on any atom is -0.294 e. The number of carbonyl (C=O) groups excluding carboxylic acids is 1. The zero-order chi connectivity index (χ0) is 18.8. The van der Waals surface area contributed by atoms with Crippen molar-refractivity contribution < 1.29 is 18.0 Å². The SMILES string of the molecule is Cc1c(F)cc(/C=C2N=C(/C=C/c3ccc(F)cc3)N(C)C\2=O)cc1F. The van der Waals surface area contributed by atoms with Gasteiger partial charge in [-0.2, -0.15) is 0 Å². The van der Waals surface area contributed by atoms with E-state index in [0.717, 1.165) is 17.7 Å². The number of rotatable bonds is 3. The molecule has 0 aliphatic carbocycles. The van der Waals surface area contributed by atoms with E-state index in [-0.39, 0.29) is 28.5 Å². The molecule has 1 aliphatic heterocycles. The molecule has 1 amide bonds. The monoisotopic (exact) mass is 356 g/mol. The fraction of sp³-hybridized carbons (Fsp3) is 0.100. The van der Waals surface area contributed by atoms with Crippen molar-refractivity contribution in [3.8, 4) is 0 Å². The molecule has 0 spiro atoms. The Kier molecular flexibility index (Phi) is 4.75. The zero-order valence-electron chi connectivity index (χ0n) is 14.1. The maximum atomic E-state index is 13.7. The Bertz CT molecular complexity index is 937. The van der Waals surface area contributed by atoms with Gasteiger partial charge in [-0.1, -0.05) is 18.2 Å². The number of amides is 1. The molecular formula is C20H15F3N2O. The van der Waals surface area contributed by atoms with Crippen LogP contribution in [0.1, 0.15) is 16.7 Å². The Hall–Kier alpha value is -3.15. The van der Waals surface area contributed by atoms with Crippen molar-refractivity contribution in [2.24, 2.45) is 4.99 Å². The Morgan fingerprint density at radius 3 is 2.19 bits per heavy atom. The molecule has 1 aliphatic rings. The molecule has 0 N–H and O–H groups in total. The summed E-state index contributed by atoms with van der Waals surface area (Å²) in [7, 11) is 1.55. The summed E-state index contributed by atoms with van der Waals surface area (Å²) in [5, 5.41) is 0. The number of halogens is 3. The van der Waals surface area contributed by atoms with Crippen LogP contribution < -0.4 is 0 Å². The highest BCUT2D eigenvalue weighted by atomic mass is 19.1. The van der Waals surface area contributed by atoms with Gasteiger partial charge in [-0.15, -0.1) is 0 Å². The molecular weight excluding hydrogens is 341 g/mol. The molecule has 1 heterocycles. The van der Waals surface area contributed by atoms with Gasteiger partial charge in [-0.25, -0.2) is 18.2 Å². The largest absolute Gasteiger partial charge is 0.294 e. The number of aliphatic imine (C=N–C) groups is 1. The van der Waals surface area contributed by atoms with Crippen molar-refractivity contribution in [2.45, 2.75) is 6.92 Å². The predicted molar refractivity (Wildman–Crippen MR) is 94.7 cm³/mol. The number of likely N-dealkylation sites (N-methyl/N-ethyl adjacent to an activating group) is 1. The molecule has 0 radical (unpaired) electrons. The van der Waals surface area contributed by atoms with Gasteiger partial charge < -0.3 is 0 Å². The van der Waals surface area contributed by atoms with Crippen molar-refractivity contribution in [1.29, 1.82) is 0 Å². The quantitative estimate of drug-likeness (QED) is 0.753. The first-order valence-corrected chi connectivity index (χ1v) is 7.83. The number of nitrogens with zero attached hydrogens (tertiary/aromatic N) is 2. The molecule has 0 fully saturated rings. The topological polar surface area (TPSA) is 32.7 Å². The Morgan fingerprint density at radius 1 is 0.962 bits per heavy atom. The smallest absolute Gasteiger partial charge is 0.277 e. The average molecular weight is 356 g/mol. The summed E-state index contributed by atoms with van der Waals surface area (Å²) in [6, 6.07) is 8.16. The molecule has 132 valence electrons. The second-order valence-electron chi connectivity index (χ2n) is 5.86. The minimum absolute atomic E-state index is 0.0755. The van der Waals surface area contributed by atoms with Gasteiger partial charge in [-0.3, -0.25) is 9.69 Å². The molecule has 3 rings (SSSR count). The molecule has 26 heavy (non-hydrogen) atoms. The van der Waals surface area contributed by atoms with Gasteiger partial charge in [0.2, 0.25) is 0 Å². The van der Waals surface area contributed by atoms with Crippen LogP contribution in [0.2, 0.25) is 0 Å². The maximum Gasteiger partial charge on any atom is 0.277 e. The summed E-state index contributed by atoms with van der Waals surface area (Å²) in [6.45, 7) is 1.34. The van der Waals surface area contributed by atoms with Gasteiger partial charge in [0.05, 0.1) is 0 Å². The van der Waals surface area contributed by atoms with Crippen molar-refractivity contribution in [1.82, 2.24) is 4.90 Å². The van der Waals surface area contributed by atoms with Crippen LogP contribution in [-0.2, 0) is 4.79 Å². The molecule has 2 aromatic rings. The van der Waals surface area contributed by atoms with Gasteiger partial charge >= 0.3 is 0 Å². The van der Waals surface area contributed by atoms with E-state index in [2.05, 4.69) is 4.99 Å². The summed E-state index contributed by atoms with van der Waals surface area (Å²) in [6.07, 6.45) is 4.64. The highest BCUT2D eigenvalue weighted by Gasteiger charge is 2.25. The second-order valence-corrected chi connectivity index (χ2v) is 5.86. The Morgan fingerprint density at radius 2 is 1.58 bits per heavy atom. The van der Waals surface area contributed by atoms with E-state index in [0.29, 0.717) is 5.84 Å². The summed E-state index contributed by atoms with van der Waals surface area (Å²) in [5.74, 6) is -1.72. The Balaban J connectivity index is 1.89. The first-order valence-electron chi connectivity index (χ1n) is 7.83. The lowest BCUT2D eigenvalue weighted by atomic mass is 10.1. The maximum absolute atomic E-state index is 13.7. The number of amidine groups is 1. The average Bonchev–Trinajstić information content (AvgIpc) is 2.87. The van der Waals surface area contributed by atoms with E-state index >= 15 is 0 Å². The van der Waals surface area contributed by atoms with Gasteiger partial charge in [0, 0.05) is 12.6 Å². The summed E-state index contributed by atoms with van der Waals surface area (Å²) in [4.78, 5) is 17.8. The van der Waals surface area contributed by atoms with E-state index in [1.807, 2.05) is 0 Å². The van der Waals surface area contributed by atoms with Gasteiger partial charge in [-0.05, 0) is 54.5 Å². The van der Waals surface area contributed by atoms with Crippen LogP contribution in [-0.4, -0.2) is 23.7 Å². The highest BCUT2D eigenvalue weighted by Crippen LogP contribution is 2.21. The van der Waals surface area contributed by atoms with Gasteiger partial charge in [0.1, 0.15) is 29.0 Å². The van der Waals surface area contributed by atoms with Crippen molar-refractivity contribution in [3.05, 3.63) is 82.3 Å². The number of hydrogen-bond acceptors (Lipinski definition) is 2. The summed E-state index contributed by atoms with van der Waals surface area (Å²) < 4.78 is 40.2. The lowest BCUT2D eigenvalue weighted by molar-refractivity contribution is -0.121. The van der Waals surface area contributed by atoms with Crippen LogP contribution in [0.5, 0.6) is 0 Å². The van der Waals surface area contributed by atoms with Crippen LogP contribution in [0.25, 0.3) is 12.2 Å². The lowest BCUT2D eigenvalue weighted by Gasteiger charge is -2.07. The van der Waals surface area contributed by atoms with E-state index in [1.54, 1.807) is 31.3 Å². The molecule has 0 atom stereocenters. The van der Waals surface area contributed by atoms with Crippen molar-refractivity contribution in [2.75, 3.05) is 7.05 Å². The van der Waals surface area contributed by atoms with Crippen LogP contribution in [0.15, 0.2) is 53.2 Å². The number of carbonyl (C=O) groups is 1. The Labute approximate surface area is 148 Å².